The third-order valence-electron chi connectivity index (χ3n) is 6.79. The van der Waals surface area contributed by atoms with E-state index in [4.69, 9.17) is 16.3 Å². The second-order valence-corrected chi connectivity index (χ2v) is 11.9. The fourth-order valence-electron chi connectivity index (χ4n) is 4.74. The Labute approximate surface area is 248 Å². The number of sulfonamides is 1. The van der Waals surface area contributed by atoms with Crippen LogP contribution in [0.15, 0.2) is 65.6 Å². The number of piperidine rings is 1. The normalized spacial score (nSPS) is 14.8. The molecule has 4 rings (SSSR count). The Hall–Kier alpha value is -3.65. The van der Waals surface area contributed by atoms with Crippen molar-refractivity contribution in [3.8, 4) is 16.9 Å². The number of alkyl halides is 6. The Morgan fingerprint density at radius 1 is 0.977 bits per heavy atom. The largest absolute Gasteiger partial charge is 0.573 e. The highest BCUT2D eigenvalue weighted by atomic mass is 35.5. The molecule has 0 radical (unpaired) electrons. The lowest BCUT2D eigenvalue weighted by atomic mass is 9.93. The number of carbonyl (C=O) groups is 1. The van der Waals surface area contributed by atoms with Gasteiger partial charge in [0.25, 0.3) is 10.0 Å². The van der Waals surface area contributed by atoms with Crippen LogP contribution in [0, 0.1) is 5.92 Å². The first-order valence-corrected chi connectivity index (χ1v) is 14.6. The van der Waals surface area contributed by atoms with Gasteiger partial charge in [-0.05, 0) is 78.4 Å². The molecule has 0 atom stereocenters. The van der Waals surface area contributed by atoms with Gasteiger partial charge in [-0.25, -0.2) is 8.42 Å². The summed E-state index contributed by atoms with van der Waals surface area (Å²) in [5, 5.41) is -0.0837. The first-order chi connectivity index (χ1) is 20.0. The predicted octanol–water partition coefficient (Wildman–Crippen LogP) is 7.50. The molecule has 1 aliphatic heterocycles. The number of benzene rings is 3. The molecular weight excluding hydrogens is 626 g/mol. The van der Waals surface area contributed by atoms with E-state index in [9.17, 15) is 39.6 Å². The highest BCUT2D eigenvalue weighted by Gasteiger charge is 2.33. The molecule has 3 aromatic carbocycles. The van der Waals surface area contributed by atoms with Gasteiger partial charge in [0.2, 0.25) is 0 Å². The van der Waals surface area contributed by atoms with E-state index < -0.39 is 38.8 Å². The quantitative estimate of drug-likeness (QED) is 0.201. The van der Waals surface area contributed by atoms with E-state index in [0.29, 0.717) is 37.7 Å². The number of ether oxygens (including phenoxy) is 2. The summed E-state index contributed by atoms with van der Waals surface area (Å²) >= 11 is 6.03. The van der Waals surface area contributed by atoms with Crippen molar-refractivity contribution in [1.29, 1.82) is 0 Å². The van der Waals surface area contributed by atoms with Crippen LogP contribution in [-0.4, -0.2) is 40.9 Å². The number of nitrogens with one attached hydrogen (secondary N) is 1. The summed E-state index contributed by atoms with van der Waals surface area (Å²) in [4.78, 5) is 12.9. The van der Waals surface area contributed by atoms with Crippen LogP contribution in [-0.2, 0) is 25.7 Å². The third-order valence-corrected chi connectivity index (χ3v) is 8.37. The molecule has 232 valence electrons. The first kappa shape index (κ1) is 32.3. The molecule has 3 aromatic rings. The molecule has 0 aliphatic carbocycles. The highest BCUT2D eigenvalue weighted by Crippen LogP contribution is 2.38. The standard InChI is InChI=1S/C28H25ClF6N2O5S/c1-41-26(38)11-17-7-9-37(10-8-17)25-6-5-18(19-12-21(29)16-22(13-19)42-28(33,34)35)14-24(25)36-43(39,40)23-4-2-3-20(15-23)27(30,31)32/h2-6,12-17,36H,7-11H2,1H3. The van der Waals surface area contributed by atoms with Crippen LogP contribution in [0.3, 0.4) is 0 Å². The van der Waals surface area contributed by atoms with E-state index in [1.807, 2.05) is 4.90 Å². The minimum atomic E-state index is -4.99. The van der Waals surface area contributed by atoms with E-state index in [0.717, 1.165) is 30.3 Å². The van der Waals surface area contributed by atoms with Crippen molar-refractivity contribution in [2.45, 2.75) is 36.7 Å². The molecule has 1 aliphatic rings. The van der Waals surface area contributed by atoms with Crippen LogP contribution >= 0.6 is 11.6 Å². The zero-order valence-electron chi connectivity index (χ0n) is 22.4. The smallest absolute Gasteiger partial charge is 0.469 e. The third kappa shape index (κ3) is 8.47. The number of halogens is 7. The molecule has 0 saturated carbocycles. The van der Waals surface area contributed by atoms with Gasteiger partial charge in [-0.2, -0.15) is 13.2 Å². The molecule has 15 heteroatoms. The van der Waals surface area contributed by atoms with Gasteiger partial charge in [0.15, 0.2) is 0 Å². The van der Waals surface area contributed by atoms with Crippen LogP contribution in [0.5, 0.6) is 5.75 Å². The number of hydrogen-bond acceptors (Lipinski definition) is 6. The molecule has 0 aromatic heterocycles. The van der Waals surface area contributed by atoms with Gasteiger partial charge in [-0.15, -0.1) is 13.2 Å². The summed E-state index contributed by atoms with van der Waals surface area (Å²) in [6.45, 7) is 0.833. The second-order valence-electron chi connectivity index (χ2n) is 9.80. The molecule has 0 unspecified atom stereocenters. The Morgan fingerprint density at radius 2 is 1.67 bits per heavy atom. The Bertz CT molecular complexity index is 1590. The summed E-state index contributed by atoms with van der Waals surface area (Å²) in [6.07, 6.45) is -8.41. The number of methoxy groups -OCH3 is 1. The predicted molar refractivity (Wildman–Crippen MR) is 147 cm³/mol. The molecular formula is C28H25ClF6N2O5S. The van der Waals surface area contributed by atoms with E-state index in [2.05, 4.69) is 9.46 Å². The highest BCUT2D eigenvalue weighted by molar-refractivity contribution is 7.92. The molecule has 0 amide bonds. The van der Waals surface area contributed by atoms with Crippen molar-refractivity contribution in [2.24, 2.45) is 5.92 Å². The van der Waals surface area contributed by atoms with Crippen LogP contribution < -0.4 is 14.4 Å². The summed E-state index contributed by atoms with van der Waals surface area (Å²) in [6, 6.07) is 11.0. The first-order valence-electron chi connectivity index (χ1n) is 12.8. The van der Waals surface area contributed by atoms with Crippen LogP contribution in [0.1, 0.15) is 24.8 Å². The van der Waals surface area contributed by atoms with Crippen molar-refractivity contribution in [3.05, 3.63) is 71.2 Å². The lowest BCUT2D eigenvalue weighted by molar-refractivity contribution is -0.274. The Morgan fingerprint density at radius 3 is 2.30 bits per heavy atom. The van der Waals surface area contributed by atoms with E-state index in [-0.39, 0.29) is 40.1 Å². The van der Waals surface area contributed by atoms with Crippen LogP contribution in [0.4, 0.5) is 37.7 Å². The van der Waals surface area contributed by atoms with Crippen molar-refractivity contribution in [3.63, 3.8) is 0 Å². The summed E-state index contributed by atoms with van der Waals surface area (Å²) in [7, 11) is -3.27. The fraction of sp³-hybridized carbons (Fsp3) is 0.321. The topological polar surface area (TPSA) is 84.9 Å². The van der Waals surface area contributed by atoms with Crippen LogP contribution in [0.2, 0.25) is 5.02 Å². The van der Waals surface area contributed by atoms with E-state index in [1.54, 1.807) is 12.1 Å². The number of anilines is 2. The molecule has 1 saturated heterocycles. The lowest BCUT2D eigenvalue weighted by Gasteiger charge is -2.34. The molecule has 0 spiro atoms. The number of hydrogen-bond donors (Lipinski definition) is 1. The SMILES string of the molecule is COC(=O)CC1CCN(c2ccc(-c3cc(Cl)cc(OC(F)(F)F)c3)cc2NS(=O)(=O)c2cccc(C(F)(F)F)c2)CC1. The molecule has 1 N–H and O–H groups in total. The summed E-state index contributed by atoms with van der Waals surface area (Å²) in [5.41, 5.74) is -0.396. The second kappa shape index (κ2) is 12.5. The fourth-order valence-corrected chi connectivity index (χ4v) is 6.07. The van der Waals surface area contributed by atoms with Gasteiger partial charge in [-0.1, -0.05) is 23.7 Å². The number of rotatable bonds is 8. The van der Waals surface area contributed by atoms with Gasteiger partial charge in [-0.3, -0.25) is 9.52 Å². The summed E-state index contributed by atoms with van der Waals surface area (Å²) in [5.74, 6) is -0.919. The van der Waals surface area contributed by atoms with Crippen molar-refractivity contribution >= 4 is 39.0 Å². The number of nitrogens with zero attached hydrogens (tertiary/aromatic N) is 1. The molecule has 43 heavy (non-hydrogen) atoms. The molecule has 1 heterocycles. The van der Waals surface area contributed by atoms with Crippen LogP contribution in [0.25, 0.3) is 11.1 Å². The average molecular weight is 651 g/mol. The van der Waals surface area contributed by atoms with Gasteiger partial charge in [0.1, 0.15) is 5.75 Å². The minimum absolute atomic E-state index is 0.0282. The minimum Gasteiger partial charge on any atom is -0.469 e. The number of carbonyl (C=O) groups excluding carboxylic acids is 1. The lowest BCUT2D eigenvalue weighted by Crippen LogP contribution is -2.35. The van der Waals surface area contributed by atoms with E-state index in [1.165, 1.54) is 19.2 Å². The molecule has 0 bridgehead atoms. The zero-order chi connectivity index (χ0) is 31.6. The molecule has 1 fully saturated rings. The van der Waals surface area contributed by atoms with Gasteiger partial charge in [0.05, 0.1) is 28.9 Å². The Balaban J connectivity index is 1.73. The number of esters is 1. The average Bonchev–Trinajstić information content (AvgIpc) is 2.91. The Kier molecular flexibility index (Phi) is 9.40. The maximum absolute atomic E-state index is 13.3. The van der Waals surface area contributed by atoms with Gasteiger partial charge in [0, 0.05) is 24.5 Å². The van der Waals surface area contributed by atoms with Crippen molar-refractivity contribution in [2.75, 3.05) is 29.8 Å². The maximum Gasteiger partial charge on any atom is 0.573 e. The van der Waals surface area contributed by atoms with E-state index >= 15 is 0 Å². The zero-order valence-corrected chi connectivity index (χ0v) is 24.0. The van der Waals surface area contributed by atoms with Gasteiger partial charge >= 0.3 is 18.5 Å². The summed E-state index contributed by atoms with van der Waals surface area (Å²) < 4.78 is 116. The maximum atomic E-state index is 13.3. The molecule has 7 nitrogen and oxygen atoms in total. The van der Waals surface area contributed by atoms with Gasteiger partial charge < -0.3 is 14.4 Å². The van der Waals surface area contributed by atoms with Crippen molar-refractivity contribution in [1.82, 2.24) is 0 Å². The monoisotopic (exact) mass is 650 g/mol. The van der Waals surface area contributed by atoms with Crippen molar-refractivity contribution < 1.29 is 49.0 Å².